The van der Waals surface area contributed by atoms with Gasteiger partial charge < -0.3 is 0 Å². The van der Waals surface area contributed by atoms with Gasteiger partial charge in [0.15, 0.2) is 0 Å². The van der Waals surface area contributed by atoms with Gasteiger partial charge in [0, 0.05) is 5.06 Å². The number of hydrogen-bond acceptors (Lipinski definition) is 1. The number of nitrogens with zero attached hydrogens (tertiary/aromatic N) is 1. The van der Waals surface area contributed by atoms with Crippen LogP contribution in [-0.4, -0.2) is 32.5 Å². The van der Waals surface area contributed by atoms with E-state index in [1.807, 2.05) is 30.3 Å². The fourth-order valence-corrected chi connectivity index (χ4v) is 4.92. The largest absolute Gasteiger partial charge is 0.206 e. The Morgan fingerprint density at radius 3 is 2.00 bits per heavy atom. The fourth-order valence-electron chi connectivity index (χ4n) is 1.22. The SMILES string of the molecule is CP(C)C(=C=Nc1ccccc1)P(C)C. The van der Waals surface area contributed by atoms with E-state index < -0.39 is 0 Å². The molecule has 1 rings (SSSR count). The van der Waals surface area contributed by atoms with E-state index in [1.165, 1.54) is 5.06 Å². The van der Waals surface area contributed by atoms with Gasteiger partial charge in [-0.05, 0) is 44.7 Å². The van der Waals surface area contributed by atoms with E-state index in [9.17, 15) is 0 Å². The topological polar surface area (TPSA) is 12.4 Å². The molecule has 15 heavy (non-hydrogen) atoms. The summed E-state index contributed by atoms with van der Waals surface area (Å²) in [4.78, 5) is 4.39. The Labute approximate surface area is 94.8 Å². The molecule has 80 valence electrons. The van der Waals surface area contributed by atoms with Crippen molar-refractivity contribution in [2.75, 3.05) is 26.7 Å². The van der Waals surface area contributed by atoms with Crippen molar-refractivity contribution in [2.45, 2.75) is 0 Å². The summed E-state index contributed by atoms with van der Waals surface area (Å²) in [6, 6.07) is 10.0. The van der Waals surface area contributed by atoms with Gasteiger partial charge in [0.25, 0.3) is 0 Å². The zero-order valence-electron chi connectivity index (χ0n) is 9.73. The number of aliphatic imine (C=N–C) groups is 1. The fraction of sp³-hybridized carbons (Fsp3) is 0.333. The molecular formula is C12H17NP2. The van der Waals surface area contributed by atoms with Gasteiger partial charge in [0.1, 0.15) is 0 Å². The molecule has 0 saturated heterocycles. The second-order valence-corrected chi connectivity index (χ2v) is 8.50. The Balaban J connectivity index is 2.98. The maximum Gasteiger partial charge on any atom is 0.0730 e. The van der Waals surface area contributed by atoms with Crippen molar-refractivity contribution < 1.29 is 0 Å². The van der Waals surface area contributed by atoms with Crippen molar-refractivity contribution in [3.05, 3.63) is 35.4 Å². The smallest absolute Gasteiger partial charge is 0.0730 e. The number of para-hydroxylation sites is 1. The van der Waals surface area contributed by atoms with Crippen LogP contribution in [0.25, 0.3) is 0 Å². The summed E-state index contributed by atoms with van der Waals surface area (Å²) in [7, 11) is -0.118. The highest BCUT2D eigenvalue weighted by atomic mass is 31.2. The van der Waals surface area contributed by atoms with Crippen molar-refractivity contribution >= 4 is 27.4 Å². The average Bonchev–Trinajstić information content (AvgIpc) is 2.18. The van der Waals surface area contributed by atoms with E-state index in [-0.39, 0.29) is 15.8 Å². The van der Waals surface area contributed by atoms with Crippen molar-refractivity contribution in [1.82, 2.24) is 0 Å². The summed E-state index contributed by atoms with van der Waals surface area (Å²) in [6.45, 7) is 9.06. The summed E-state index contributed by atoms with van der Waals surface area (Å²) in [6.07, 6.45) is 0. The van der Waals surface area contributed by atoms with Crippen LogP contribution in [0.15, 0.2) is 40.4 Å². The third kappa shape index (κ3) is 4.27. The van der Waals surface area contributed by atoms with E-state index >= 15 is 0 Å². The maximum atomic E-state index is 4.39. The quantitative estimate of drug-likeness (QED) is 0.548. The molecule has 0 atom stereocenters. The van der Waals surface area contributed by atoms with Crippen molar-refractivity contribution in [2.24, 2.45) is 4.99 Å². The van der Waals surface area contributed by atoms with Crippen LogP contribution in [0.4, 0.5) is 5.69 Å². The lowest BCUT2D eigenvalue weighted by molar-refractivity contribution is 1.55. The lowest BCUT2D eigenvalue weighted by Gasteiger charge is -2.11. The van der Waals surface area contributed by atoms with E-state index in [1.54, 1.807) is 0 Å². The van der Waals surface area contributed by atoms with Gasteiger partial charge in [-0.15, -0.1) is 0 Å². The molecule has 0 aromatic heterocycles. The minimum absolute atomic E-state index is 0.0590. The molecule has 0 saturated carbocycles. The van der Waals surface area contributed by atoms with Crippen LogP contribution < -0.4 is 0 Å². The van der Waals surface area contributed by atoms with E-state index in [4.69, 9.17) is 0 Å². The Morgan fingerprint density at radius 2 is 1.53 bits per heavy atom. The number of hydrogen-bond donors (Lipinski definition) is 0. The average molecular weight is 237 g/mol. The summed E-state index contributed by atoms with van der Waals surface area (Å²) < 4.78 is 0. The Morgan fingerprint density at radius 1 is 1.00 bits per heavy atom. The van der Waals surface area contributed by atoms with Gasteiger partial charge in [-0.1, -0.05) is 34.0 Å². The zero-order valence-corrected chi connectivity index (χ0v) is 11.5. The molecule has 0 spiro atoms. The standard InChI is InChI=1S/C12H17NP2/c1-14(2)12(15(3)4)10-13-11-8-6-5-7-9-11/h5-9H,1-4H3. The monoisotopic (exact) mass is 237 g/mol. The number of rotatable bonds is 3. The molecule has 0 fully saturated rings. The second kappa shape index (κ2) is 6.19. The summed E-state index contributed by atoms with van der Waals surface area (Å²) in [5, 5.41) is 1.41. The van der Waals surface area contributed by atoms with Gasteiger partial charge in [0.2, 0.25) is 0 Å². The predicted octanol–water partition coefficient (Wildman–Crippen LogP) is 4.31. The first-order valence-corrected chi connectivity index (χ1v) is 9.32. The summed E-state index contributed by atoms with van der Waals surface area (Å²) >= 11 is 0. The van der Waals surface area contributed by atoms with Gasteiger partial charge in [-0.2, -0.15) is 0 Å². The van der Waals surface area contributed by atoms with Gasteiger partial charge >= 0.3 is 0 Å². The molecule has 3 heteroatoms. The van der Waals surface area contributed by atoms with E-state index in [0.29, 0.717) is 0 Å². The first kappa shape index (κ1) is 12.6. The van der Waals surface area contributed by atoms with E-state index in [2.05, 4.69) is 37.5 Å². The van der Waals surface area contributed by atoms with Crippen LogP contribution in [0.2, 0.25) is 0 Å². The third-order valence-electron chi connectivity index (χ3n) is 1.89. The zero-order chi connectivity index (χ0) is 11.3. The minimum Gasteiger partial charge on any atom is -0.206 e. The van der Waals surface area contributed by atoms with Gasteiger partial charge in [0.05, 0.1) is 5.69 Å². The summed E-state index contributed by atoms with van der Waals surface area (Å²) in [5.74, 6) is 3.23. The molecule has 0 bridgehead atoms. The van der Waals surface area contributed by atoms with Crippen LogP contribution in [0.3, 0.4) is 0 Å². The van der Waals surface area contributed by atoms with Crippen LogP contribution >= 0.6 is 15.8 Å². The molecule has 1 nitrogen and oxygen atoms in total. The molecule has 1 aromatic carbocycles. The van der Waals surface area contributed by atoms with Crippen LogP contribution in [0, 0.1) is 0 Å². The van der Waals surface area contributed by atoms with Crippen LogP contribution in [0.5, 0.6) is 0 Å². The highest BCUT2D eigenvalue weighted by Crippen LogP contribution is 2.52. The highest BCUT2D eigenvalue weighted by Gasteiger charge is 2.06. The van der Waals surface area contributed by atoms with Gasteiger partial charge in [-0.3, -0.25) is 0 Å². The van der Waals surface area contributed by atoms with Gasteiger partial charge in [-0.25, -0.2) is 4.99 Å². The van der Waals surface area contributed by atoms with Crippen molar-refractivity contribution in [1.29, 1.82) is 0 Å². The lowest BCUT2D eigenvalue weighted by Crippen LogP contribution is -1.77. The maximum absolute atomic E-state index is 4.39. The molecule has 0 aliphatic rings. The predicted molar refractivity (Wildman–Crippen MR) is 74.6 cm³/mol. The molecule has 1 aromatic rings. The molecule has 0 unspecified atom stereocenters. The molecule has 0 N–H and O–H groups in total. The number of benzene rings is 1. The van der Waals surface area contributed by atoms with E-state index in [0.717, 1.165) is 5.69 Å². The second-order valence-electron chi connectivity index (χ2n) is 3.67. The first-order chi connectivity index (χ1) is 7.11. The molecule has 0 amide bonds. The highest BCUT2D eigenvalue weighted by molar-refractivity contribution is 7.81. The normalized spacial score (nSPS) is 10.3. The first-order valence-electron chi connectivity index (χ1n) is 4.84. The van der Waals surface area contributed by atoms with Crippen molar-refractivity contribution in [3.63, 3.8) is 0 Å². The van der Waals surface area contributed by atoms with Crippen LogP contribution in [0.1, 0.15) is 0 Å². The summed E-state index contributed by atoms with van der Waals surface area (Å²) in [5.41, 5.74) is 0.990. The lowest BCUT2D eigenvalue weighted by atomic mass is 10.3. The Hall–Kier alpha value is -0.470. The molecule has 0 radical (unpaired) electrons. The molecule has 0 aliphatic heterocycles. The third-order valence-corrected chi connectivity index (χ3v) is 6.18. The van der Waals surface area contributed by atoms with Crippen LogP contribution in [-0.2, 0) is 0 Å². The Kier molecular flexibility index (Phi) is 5.20. The van der Waals surface area contributed by atoms with Crippen molar-refractivity contribution in [3.8, 4) is 0 Å². The molecular weight excluding hydrogens is 220 g/mol. The Bertz CT molecular complexity index is 352. The minimum atomic E-state index is -0.0590. The molecule has 0 aliphatic carbocycles. The molecule has 0 heterocycles.